The Kier molecular flexibility index (Phi) is 7.19. The van der Waals surface area contributed by atoms with Crippen LogP contribution in [0.15, 0.2) is 205 Å². The minimum absolute atomic E-state index is 0.261. The molecule has 1 aliphatic rings. The van der Waals surface area contributed by atoms with Gasteiger partial charge in [0.05, 0.1) is 33.8 Å². The van der Waals surface area contributed by atoms with Gasteiger partial charge in [-0.15, -0.1) is 0 Å². The number of hydrogen-bond acceptors (Lipinski definition) is 2. The molecule has 0 amide bonds. The van der Waals surface area contributed by atoms with E-state index in [2.05, 4.69) is 179 Å². The predicted octanol–water partition coefficient (Wildman–Crippen LogP) is 13.2. The molecule has 1 aliphatic carbocycles. The van der Waals surface area contributed by atoms with Gasteiger partial charge < -0.3 is 10.3 Å². The fraction of sp³-hybridized carbons (Fsp3) is 0.0185. The molecule has 1 unspecified atom stereocenters. The number of fused-ring (bicyclic) bond motifs is 16. The molecule has 0 radical (unpaired) electrons. The smallest absolute Gasteiger partial charge is 0.100 e. The number of hydrogen-bond donors (Lipinski definition) is 1. The summed E-state index contributed by atoms with van der Waals surface area (Å²) >= 11 is 0. The van der Waals surface area contributed by atoms with E-state index in [-0.39, 0.29) is 6.04 Å². The van der Waals surface area contributed by atoms with Crippen molar-refractivity contribution in [1.82, 2.24) is 9.13 Å². The largest absolute Gasteiger partial charge is 0.321 e. The molecule has 0 fully saturated rings. The fourth-order valence-corrected chi connectivity index (χ4v) is 9.66. The van der Waals surface area contributed by atoms with Crippen LogP contribution in [0.25, 0.3) is 98.1 Å². The van der Waals surface area contributed by atoms with Gasteiger partial charge in [0.2, 0.25) is 0 Å². The third-order valence-corrected chi connectivity index (χ3v) is 12.1. The van der Waals surface area contributed by atoms with Crippen LogP contribution in [0.1, 0.15) is 5.56 Å². The summed E-state index contributed by atoms with van der Waals surface area (Å²) in [7, 11) is 0. The van der Waals surface area contributed by atoms with E-state index in [4.69, 9.17) is 10.7 Å². The number of rotatable bonds is 4. The van der Waals surface area contributed by atoms with Gasteiger partial charge >= 0.3 is 0 Å². The lowest BCUT2D eigenvalue weighted by Gasteiger charge is -2.17. The van der Waals surface area contributed by atoms with E-state index >= 15 is 0 Å². The first kappa shape index (κ1) is 32.7. The molecule has 0 bridgehead atoms. The van der Waals surface area contributed by atoms with E-state index in [1.54, 1.807) is 0 Å². The number of aliphatic imine (C=N–C) groups is 1. The van der Waals surface area contributed by atoms with Crippen molar-refractivity contribution >= 4 is 98.7 Å². The summed E-state index contributed by atoms with van der Waals surface area (Å²) in [6.07, 6.45) is 10.2. The summed E-state index contributed by atoms with van der Waals surface area (Å²) in [5.74, 6) is 0. The Morgan fingerprint density at radius 3 is 1.84 bits per heavy atom. The maximum absolute atomic E-state index is 6.71. The summed E-state index contributed by atoms with van der Waals surface area (Å²) in [5, 5.41) is 14.7. The van der Waals surface area contributed by atoms with E-state index in [1.807, 2.05) is 30.6 Å². The molecule has 0 aliphatic heterocycles. The molecular formula is C54H36N4. The van der Waals surface area contributed by atoms with Crippen LogP contribution in [0.5, 0.6) is 0 Å². The Hall–Kier alpha value is -7.53. The van der Waals surface area contributed by atoms with Crippen molar-refractivity contribution < 1.29 is 0 Å². The van der Waals surface area contributed by atoms with Gasteiger partial charge in [-0.2, -0.15) is 0 Å². The van der Waals surface area contributed by atoms with Gasteiger partial charge in [0.25, 0.3) is 0 Å². The van der Waals surface area contributed by atoms with Gasteiger partial charge in [-0.1, -0.05) is 170 Å². The normalized spacial score (nSPS) is 15.5. The summed E-state index contributed by atoms with van der Waals surface area (Å²) in [4.78, 5) is 5.37. The lowest BCUT2D eigenvalue weighted by Crippen LogP contribution is -2.21. The Bertz CT molecular complexity index is 3630. The van der Waals surface area contributed by atoms with Gasteiger partial charge in [0.15, 0.2) is 0 Å². The van der Waals surface area contributed by atoms with Crippen LogP contribution in [-0.4, -0.2) is 21.5 Å². The molecule has 9 aromatic carbocycles. The molecule has 0 spiro atoms. The van der Waals surface area contributed by atoms with Gasteiger partial charge in [-0.3, -0.25) is 4.57 Å². The quantitative estimate of drug-likeness (QED) is 0.109. The monoisotopic (exact) mass is 740 g/mol. The summed E-state index contributed by atoms with van der Waals surface area (Å²) in [6, 6.07) is 61.2. The highest BCUT2D eigenvalue weighted by atomic mass is 15.0. The Morgan fingerprint density at radius 2 is 1.09 bits per heavy atom. The minimum atomic E-state index is -0.261. The van der Waals surface area contributed by atoms with Crippen LogP contribution in [0.3, 0.4) is 0 Å². The molecule has 58 heavy (non-hydrogen) atoms. The van der Waals surface area contributed by atoms with Crippen molar-refractivity contribution in [2.24, 2.45) is 10.7 Å². The Balaban J connectivity index is 1.28. The maximum atomic E-state index is 6.71. The predicted molar refractivity (Wildman–Crippen MR) is 247 cm³/mol. The highest BCUT2D eigenvalue weighted by Gasteiger charge is 2.25. The standard InChI is InChI=1S/C54H36N4/c55-45-27-13-10-24-42(45)52(35-17-2-1-3-18-35)56-33-57-46-28-14-11-25-43(46)51-49-39-21-7-6-20-38(39)48-44-26-12-15-29-47(44)58(37-31-30-34-16-4-5-19-36(34)32-37)54(48)50(49)40-22-8-9-23-41(40)53(51)57/h1-33,45H,55H2/b52-42-,56-33?. The average Bonchev–Trinajstić information content (AvgIpc) is 3.81. The van der Waals surface area contributed by atoms with Crippen molar-refractivity contribution in [2.75, 3.05) is 0 Å². The summed E-state index contributed by atoms with van der Waals surface area (Å²) in [6.45, 7) is 0. The van der Waals surface area contributed by atoms with Crippen LogP contribution < -0.4 is 5.73 Å². The van der Waals surface area contributed by atoms with Gasteiger partial charge in [-0.05, 0) is 56.8 Å². The van der Waals surface area contributed by atoms with Crippen LogP contribution in [0, 0.1) is 0 Å². The van der Waals surface area contributed by atoms with Crippen LogP contribution >= 0.6 is 0 Å². The lowest BCUT2D eigenvalue weighted by molar-refractivity contribution is 0.970. The first-order valence-corrected chi connectivity index (χ1v) is 19.9. The van der Waals surface area contributed by atoms with Gasteiger partial charge in [0.1, 0.15) is 6.34 Å². The zero-order valence-electron chi connectivity index (χ0n) is 31.5. The second-order valence-electron chi connectivity index (χ2n) is 15.2. The molecule has 12 rings (SSSR count). The van der Waals surface area contributed by atoms with Gasteiger partial charge in [-0.25, -0.2) is 4.99 Å². The number of nitrogens with zero attached hydrogens (tertiary/aromatic N) is 3. The molecule has 4 heteroatoms. The molecule has 2 aromatic heterocycles. The van der Waals surface area contributed by atoms with E-state index in [9.17, 15) is 0 Å². The van der Waals surface area contributed by atoms with E-state index in [0.29, 0.717) is 0 Å². The maximum Gasteiger partial charge on any atom is 0.100 e. The number of nitrogens with two attached hydrogens (primary N) is 1. The number of aromatic nitrogens is 2. The molecule has 272 valence electrons. The zero-order valence-corrected chi connectivity index (χ0v) is 31.5. The molecule has 1 atom stereocenters. The second-order valence-corrected chi connectivity index (χ2v) is 15.2. The Morgan fingerprint density at radius 1 is 0.500 bits per heavy atom. The van der Waals surface area contributed by atoms with Crippen molar-refractivity contribution in [1.29, 1.82) is 0 Å². The summed E-state index contributed by atoms with van der Waals surface area (Å²) in [5.41, 5.74) is 15.4. The average molecular weight is 741 g/mol. The zero-order chi connectivity index (χ0) is 38.3. The molecular weight excluding hydrogens is 705 g/mol. The van der Waals surface area contributed by atoms with Crippen LogP contribution in [-0.2, 0) is 0 Å². The Labute approximate surface area is 334 Å². The third-order valence-electron chi connectivity index (χ3n) is 12.1. The molecule has 4 nitrogen and oxygen atoms in total. The molecule has 2 N–H and O–H groups in total. The molecule has 0 saturated carbocycles. The molecule has 2 heterocycles. The first-order valence-electron chi connectivity index (χ1n) is 19.9. The van der Waals surface area contributed by atoms with Crippen LogP contribution in [0.4, 0.5) is 0 Å². The number of benzene rings is 9. The van der Waals surface area contributed by atoms with E-state index in [1.165, 1.54) is 75.7 Å². The van der Waals surface area contributed by atoms with Crippen LogP contribution in [0.2, 0.25) is 0 Å². The van der Waals surface area contributed by atoms with E-state index < -0.39 is 0 Å². The second kappa shape index (κ2) is 12.8. The SMILES string of the molecule is NC1C=CC=C/C1=C(/N=Cn1c2ccccc2c2c3c4ccccc4c4c5ccccc5n(-c5ccc6ccccc6c5)c4c3c3ccccc3c21)c1ccccc1. The van der Waals surface area contributed by atoms with Crippen molar-refractivity contribution in [3.63, 3.8) is 0 Å². The molecule has 0 saturated heterocycles. The third kappa shape index (κ3) is 4.70. The number of allylic oxidation sites excluding steroid dienone is 2. The number of para-hydroxylation sites is 2. The van der Waals surface area contributed by atoms with Crippen molar-refractivity contribution in [3.8, 4) is 5.69 Å². The van der Waals surface area contributed by atoms with Crippen molar-refractivity contribution in [3.05, 3.63) is 205 Å². The highest BCUT2D eigenvalue weighted by molar-refractivity contribution is 6.45. The van der Waals surface area contributed by atoms with Crippen molar-refractivity contribution in [2.45, 2.75) is 6.04 Å². The first-order chi connectivity index (χ1) is 28.7. The summed E-state index contributed by atoms with van der Waals surface area (Å²) < 4.78 is 4.82. The minimum Gasteiger partial charge on any atom is -0.321 e. The molecule has 11 aromatic rings. The fourth-order valence-electron chi connectivity index (χ4n) is 9.66. The van der Waals surface area contributed by atoms with E-state index in [0.717, 1.165) is 33.6 Å². The highest BCUT2D eigenvalue weighted by Crippen LogP contribution is 2.49. The van der Waals surface area contributed by atoms with Gasteiger partial charge in [0, 0.05) is 49.0 Å². The lowest BCUT2D eigenvalue weighted by atomic mass is 9.90. The topological polar surface area (TPSA) is 48.2 Å².